The molecule has 0 bridgehead atoms. The number of hydrogen-bond donors (Lipinski definition) is 4. The summed E-state index contributed by atoms with van der Waals surface area (Å²) in [5.74, 6) is -2.86. The molecule has 1 aliphatic heterocycles. The van der Waals surface area contributed by atoms with Crippen LogP contribution in [0.15, 0.2) is 61.1 Å². The summed E-state index contributed by atoms with van der Waals surface area (Å²) in [6, 6.07) is 11.3. The summed E-state index contributed by atoms with van der Waals surface area (Å²) in [4.78, 5) is 51.5. The van der Waals surface area contributed by atoms with Crippen molar-refractivity contribution in [3.8, 4) is 5.75 Å². The number of fused-ring (bicyclic) bond motifs is 1. The summed E-state index contributed by atoms with van der Waals surface area (Å²) in [5.41, 5.74) is 0.456. The zero-order valence-corrected chi connectivity index (χ0v) is 24.1. The fourth-order valence-corrected chi connectivity index (χ4v) is 5.05. The van der Waals surface area contributed by atoms with E-state index in [-0.39, 0.29) is 51.7 Å². The van der Waals surface area contributed by atoms with E-state index in [1.165, 1.54) is 48.9 Å². The van der Waals surface area contributed by atoms with Gasteiger partial charge in [0, 0.05) is 40.4 Å². The molecule has 0 spiro atoms. The van der Waals surface area contributed by atoms with Crippen molar-refractivity contribution in [2.75, 3.05) is 13.1 Å². The molecule has 0 saturated carbocycles. The number of nitrogens with zero attached hydrogens (tertiary/aromatic N) is 3. The number of rotatable bonds is 6. The maximum atomic E-state index is 15.6. The molecule has 1 saturated heterocycles. The topological polar surface area (TPSA) is 146 Å². The number of nitrogens with one attached hydrogen (secondary N) is 3. The molecule has 4 N–H and O–H groups in total. The number of aromatic hydroxyl groups is 1. The smallest absolute Gasteiger partial charge is 0.270 e. The van der Waals surface area contributed by atoms with Crippen molar-refractivity contribution in [3.63, 3.8) is 0 Å². The molecule has 5 rings (SSSR count). The minimum atomic E-state index is -0.898. The summed E-state index contributed by atoms with van der Waals surface area (Å²) >= 11 is 0. The molecule has 0 unspecified atom stereocenters. The highest BCUT2D eigenvalue weighted by molar-refractivity contribution is 6.13. The van der Waals surface area contributed by atoms with Crippen LogP contribution in [0.25, 0.3) is 10.9 Å². The zero-order chi connectivity index (χ0) is 30.7. The van der Waals surface area contributed by atoms with Crippen LogP contribution < -0.4 is 16.0 Å². The third-order valence-corrected chi connectivity index (χ3v) is 7.47. The number of phenols is 1. The van der Waals surface area contributed by atoms with Gasteiger partial charge in [-0.1, -0.05) is 39.0 Å². The van der Waals surface area contributed by atoms with Crippen molar-refractivity contribution in [1.29, 1.82) is 0 Å². The number of halogens is 1. The van der Waals surface area contributed by atoms with Crippen LogP contribution in [0.1, 0.15) is 76.1 Å². The molecule has 222 valence electrons. The van der Waals surface area contributed by atoms with Gasteiger partial charge in [-0.2, -0.15) is 0 Å². The Balaban J connectivity index is 1.33. The summed E-state index contributed by atoms with van der Waals surface area (Å²) in [7, 11) is 0. The van der Waals surface area contributed by atoms with Crippen molar-refractivity contribution in [3.05, 3.63) is 95.0 Å². The minimum Gasteiger partial charge on any atom is -0.507 e. The van der Waals surface area contributed by atoms with Gasteiger partial charge >= 0.3 is 0 Å². The van der Waals surface area contributed by atoms with E-state index in [0.717, 1.165) is 13.0 Å². The van der Waals surface area contributed by atoms with Crippen molar-refractivity contribution in [2.45, 2.75) is 51.1 Å². The first-order chi connectivity index (χ1) is 20.5. The first-order valence-corrected chi connectivity index (χ1v) is 14.1. The average Bonchev–Trinajstić information content (AvgIpc) is 3.21. The molecule has 10 nitrogen and oxygen atoms in total. The average molecular weight is 585 g/mol. The Hall–Kier alpha value is -4.77. The Kier molecular flexibility index (Phi) is 8.45. The summed E-state index contributed by atoms with van der Waals surface area (Å²) < 4.78 is 15.6. The number of hydrogen-bond acceptors (Lipinski definition) is 8. The van der Waals surface area contributed by atoms with Crippen LogP contribution in [-0.2, 0) is 5.41 Å². The van der Waals surface area contributed by atoms with Crippen LogP contribution in [0.4, 0.5) is 4.39 Å². The van der Waals surface area contributed by atoms with Crippen molar-refractivity contribution in [1.82, 2.24) is 30.9 Å². The van der Waals surface area contributed by atoms with Gasteiger partial charge in [0.1, 0.15) is 28.9 Å². The summed E-state index contributed by atoms with van der Waals surface area (Å²) in [5, 5.41) is 20.2. The van der Waals surface area contributed by atoms with Crippen LogP contribution in [0.2, 0.25) is 0 Å². The maximum absolute atomic E-state index is 15.6. The van der Waals surface area contributed by atoms with Crippen LogP contribution in [0, 0.1) is 5.82 Å². The molecular weight excluding hydrogens is 551 g/mol. The number of aromatic nitrogens is 3. The lowest BCUT2D eigenvalue weighted by molar-refractivity contribution is 0.0880. The largest absolute Gasteiger partial charge is 0.507 e. The minimum absolute atomic E-state index is 0.00354. The highest BCUT2D eigenvalue weighted by atomic mass is 19.1. The van der Waals surface area contributed by atoms with Crippen molar-refractivity contribution in [2.24, 2.45) is 0 Å². The third-order valence-electron chi connectivity index (χ3n) is 7.47. The second kappa shape index (κ2) is 12.2. The SMILES string of the molecule is CC(C)(C)c1ccc2cc(O)c(C(=O)c3ccc(C(=O)N[C@@H]4CCCNC[C@H]4NC(=O)c4ccncn4)cc3)c(F)c2n1. The molecule has 1 fully saturated rings. The molecular formula is C32H33FN6O4. The lowest BCUT2D eigenvalue weighted by Crippen LogP contribution is -2.54. The Morgan fingerprint density at radius 3 is 2.40 bits per heavy atom. The van der Waals surface area contributed by atoms with E-state index in [9.17, 15) is 19.5 Å². The lowest BCUT2D eigenvalue weighted by Gasteiger charge is -2.27. The van der Waals surface area contributed by atoms with Gasteiger partial charge in [-0.05, 0) is 49.7 Å². The Bertz CT molecular complexity index is 1670. The number of benzene rings is 2. The number of phenolic OH excluding ortho intramolecular Hbond substituents is 1. The van der Waals surface area contributed by atoms with Gasteiger partial charge in [-0.15, -0.1) is 0 Å². The molecule has 11 heteroatoms. The second-order valence-electron chi connectivity index (χ2n) is 11.6. The second-order valence-corrected chi connectivity index (χ2v) is 11.6. The van der Waals surface area contributed by atoms with Crippen LogP contribution >= 0.6 is 0 Å². The lowest BCUT2D eigenvalue weighted by atomic mass is 9.91. The van der Waals surface area contributed by atoms with E-state index in [1.807, 2.05) is 20.8 Å². The van der Waals surface area contributed by atoms with Crippen LogP contribution in [0.3, 0.4) is 0 Å². The van der Waals surface area contributed by atoms with Gasteiger partial charge in [0.2, 0.25) is 0 Å². The third kappa shape index (κ3) is 6.51. The van der Waals surface area contributed by atoms with Crippen LogP contribution in [0.5, 0.6) is 5.75 Å². The van der Waals surface area contributed by atoms with Crippen molar-refractivity contribution < 1.29 is 23.9 Å². The Morgan fingerprint density at radius 1 is 0.977 bits per heavy atom. The van der Waals surface area contributed by atoms with Crippen molar-refractivity contribution >= 4 is 28.5 Å². The van der Waals surface area contributed by atoms with E-state index < -0.39 is 22.9 Å². The van der Waals surface area contributed by atoms with Gasteiger partial charge in [-0.3, -0.25) is 14.4 Å². The molecule has 0 aliphatic carbocycles. The number of pyridine rings is 1. The quantitative estimate of drug-likeness (QED) is 0.251. The molecule has 0 radical (unpaired) electrons. The first-order valence-electron chi connectivity index (χ1n) is 14.1. The fourth-order valence-electron chi connectivity index (χ4n) is 5.05. The fraction of sp³-hybridized carbons (Fsp3) is 0.312. The standard InChI is InChI=1S/C32H33FN6O4/c1-32(2,3)25-11-10-20-15-24(40)26(27(33)28(20)39-25)29(41)18-6-8-19(9-7-18)30(42)37-21-5-4-13-34-16-23(21)38-31(43)22-12-14-35-17-36-22/h6-12,14-15,17,21,23,34,40H,4-5,13,16H2,1-3H3,(H,37,42)(H,38,43)/t21-,23-/m1/s1. The van der Waals surface area contributed by atoms with E-state index in [1.54, 1.807) is 12.1 Å². The molecule has 43 heavy (non-hydrogen) atoms. The molecule has 2 amide bonds. The number of amides is 2. The summed E-state index contributed by atoms with van der Waals surface area (Å²) in [6.45, 7) is 7.06. The van der Waals surface area contributed by atoms with Gasteiger partial charge in [0.15, 0.2) is 11.6 Å². The van der Waals surface area contributed by atoms with Gasteiger partial charge < -0.3 is 21.1 Å². The van der Waals surface area contributed by atoms with E-state index >= 15 is 4.39 Å². The Labute approximate surface area is 248 Å². The van der Waals surface area contributed by atoms with Gasteiger partial charge in [-0.25, -0.2) is 19.3 Å². The Morgan fingerprint density at radius 2 is 1.70 bits per heavy atom. The maximum Gasteiger partial charge on any atom is 0.270 e. The van der Waals surface area contributed by atoms with Gasteiger partial charge in [0.25, 0.3) is 11.8 Å². The molecule has 2 aromatic heterocycles. The number of ketones is 1. The summed E-state index contributed by atoms with van der Waals surface area (Å²) in [6.07, 6.45) is 4.21. The van der Waals surface area contributed by atoms with E-state index in [4.69, 9.17) is 0 Å². The predicted octanol–water partition coefficient (Wildman–Crippen LogP) is 3.68. The highest BCUT2D eigenvalue weighted by Gasteiger charge is 2.28. The predicted molar refractivity (Wildman–Crippen MR) is 159 cm³/mol. The zero-order valence-electron chi connectivity index (χ0n) is 24.1. The number of carbonyl (C=O) groups is 3. The molecule has 3 heterocycles. The normalized spacial score (nSPS) is 17.2. The highest BCUT2D eigenvalue weighted by Crippen LogP contribution is 2.32. The van der Waals surface area contributed by atoms with Crippen LogP contribution in [-0.4, -0.2) is 62.8 Å². The van der Waals surface area contributed by atoms with E-state index in [0.29, 0.717) is 24.0 Å². The molecule has 2 aromatic carbocycles. The molecule has 4 aromatic rings. The first kappa shape index (κ1) is 29.7. The van der Waals surface area contributed by atoms with E-state index in [2.05, 4.69) is 30.9 Å². The molecule has 2 atom stereocenters. The molecule has 1 aliphatic rings. The van der Waals surface area contributed by atoms with Gasteiger partial charge in [0.05, 0.1) is 12.1 Å². The number of carbonyl (C=O) groups excluding carboxylic acids is 3. The monoisotopic (exact) mass is 584 g/mol.